The molecule has 98 valence electrons. The molecule has 1 aliphatic heterocycles. The molecule has 2 atom stereocenters. The second-order valence-electron chi connectivity index (χ2n) is 4.44. The van der Waals surface area contributed by atoms with Crippen LogP contribution >= 0.6 is 23.2 Å². The third-order valence-electron chi connectivity index (χ3n) is 3.25. The van der Waals surface area contributed by atoms with Crippen molar-refractivity contribution in [3.63, 3.8) is 0 Å². The first kappa shape index (κ1) is 13.5. The number of anilines is 1. The average Bonchev–Trinajstić information content (AvgIpc) is 2.65. The van der Waals surface area contributed by atoms with Gasteiger partial charge < -0.3 is 16.0 Å². The molecule has 2 rings (SSSR count). The minimum atomic E-state index is -0.195. The summed E-state index contributed by atoms with van der Waals surface area (Å²) in [6, 6.07) is 4.82. The molecule has 1 aliphatic rings. The standard InChI is InChI=1S/C12H15Cl2N3O/c1-7-10(15)4-5-17(7)12(18)16-11-6-8(13)2-3-9(11)14/h2-3,6-7,10H,4-5,15H2,1H3,(H,16,18). The summed E-state index contributed by atoms with van der Waals surface area (Å²) in [4.78, 5) is 13.8. The van der Waals surface area contributed by atoms with Gasteiger partial charge in [-0.15, -0.1) is 0 Å². The molecule has 0 spiro atoms. The van der Waals surface area contributed by atoms with Gasteiger partial charge in [0.1, 0.15) is 0 Å². The van der Waals surface area contributed by atoms with Gasteiger partial charge in [0.25, 0.3) is 0 Å². The van der Waals surface area contributed by atoms with Gasteiger partial charge in [-0.25, -0.2) is 4.79 Å². The fourth-order valence-electron chi connectivity index (χ4n) is 2.03. The van der Waals surface area contributed by atoms with Crippen LogP contribution in [0.3, 0.4) is 0 Å². The van der Waals surface area contributed by atoms with Gasteiger partial charge in [-0.2, -0.15) is 0 Å². The Kier molecular flexibility index (Phi) is 4.00. The number of carbonyl (C=O) groups excluding carboxylic acids is 1. The molecule has 1 aromatic carbocycles. The van der Waals surface area contributed by atoms with Crippen molar-refractivity contribution < 1.29 is 4.79 Å². The predicted molar refractivity (Wildman–Crippen MR) is 74.2 cm³/mol. The molecule has 2 unspecified atom stereocenters. The zero-order chi connectivity index (χ0) is 13.3. The minimum absolute atomic E-state index is 0.0305. The smallest absolute Gasteiger partial charge is 0.322 e. The fraction of sp³-hybridized carbons (Fsp3) is 0.417. The van der Waals surface area contributed by atoms with Gasteiger partial charge in [0.05, 0.1) is 10.7 Å². The monoisotopic (exact) mass is 287 g/mol. The van der Waals surface area contributed by atoms with E-state index in [-0.39, 0.29) is 18.1 Å². The van der Waals surface area contributed by atoms with Crippen LogP contribution < -0.4 is 11.1 Å². The summed E-state index contributed by atoms with van der Waals surface area (Å²) in [5.74, 6) is 0. The second-order valence-corrected chi connectivity index (χ2v) is 5.28. The number of benzene rings is 1. The maximum absolute atomic E-state index is 12.1. The van der Waals surface area contributed by atoms with E-state index >= 15 is 0 Å². The molecule has 18 heavy (non-hydrogen) atoms. The number of likely N-dealkylation sites (tertiary alicyclic amines) is 1. The molecule has 1 heterocycles. The van der Waals surface area contributed by atoms with Crippen LogP contribution in [0.2, 0.25) is 10.0 Å². The lowest BCUT2D eigenvalue weighted by molar-refractivity contribution is 0.208. The Hall–Kier alpha value is -0.970. The first-order valence-electron chi connectivity index (χ1n) is 5.77. The van der Waals surface area contributed by atoms with E-state index in [0.717, 1.165) is 6.42 Å². The van der Waals surface area contributed by atoms with Crippen molar-refractivity contribution in [3.8, 4) is 0 Å². The number of nitrogens with two attached hydrogens (primary N) is 1. The summed E-state index contributed by atoms with van der Waals surface area (Å²) in [6.45, 7) is 2.60. The van der Waals surface area contributed by atoms with Gasteiger partial charge >= 0.3 is 6.03 Å². The molecule has 3 N–H and O–H groups in total. The number of rotatable bonds is 1. The van der Waals surface area contributed by atoms with Gasteiger partial charge in [-0.1, -0.05) is 23.2 Å². The van der Waals surface area contributed by atoms with Crippen molar-refractivity contribution in [2.24, 2.45) is 5.73 Å². The van der Waals surface area contributed by atoms with Crippen molar-refractivity contribution in [2.75, 3.05) is 11.9 Å². The highest BCUT2D eigenvalue weighted by molar-refractivity contribution is 6.35. The SMILES string of the molecule is CC1C(N)CCN1C(=O)Nc1cc(Cl)ccc1Cl. The number of amides is 2. The maximum Gasteiger partial charge on any atom is 0.322 e. The van der Waals surface area contributed by atoms with E-state index in [2.05, 4.69) is 5.32 Å². The number of nitrogens with one attached hydrogen (secondary N) is 1. The first-order valence-corrected chi connectivity index (χ1v) is 6.53. The van der Waals surface area contributed by atoms with Crippen molar-refractivity contribution in [1.82, 2.24) is 4.90 Å². The van der Waals surface area contributed by atoms with E-state index in [9.17, 15) is 4.79 Å². The van der Waals surface area contributed by atoms with Crippen LogP contribution in [0.15, 0.2) is 18.2 Å². The lowest BCUT2D eigenvalue weighted by Gasteiger charge is -2.23. The summed E-state index contributed by atoms with van der Waals surface area (Å²) in [7, 11) is 0. The molecule has 1 fully saturated rings. The molecular weight excluding hydrogens is 273 g/mol. The van der Waals surface area contributed by atoms with E-state index in [1.165, 1.54) is 0 Å². The number of hydrogen-bond acceptors (Lipinski definition) is 2. The maximum atomic E-state index is 12.1. The molecule has 6 heteroatoms. The van der Waals surface area contributed by atoms with Crippen LogP contribution in [-0.4, -0.2) is 29.6 Å². The Balaban J connectivity index is 2.10. The van der Waals surface area contributed by atoms with Crippen molar-refractivity contribution in [1.29, 1.82) is 0 Å². The quantitative estimate of drug-likeness (QED) is 0.834. The Morgan fingerprint density at radius 3 is 2.83 bits per heavy atom. The summed E-state index contributed by atoms with van der Waals surface area (Å²) in [5, 5.41) is 3.75. The Morgan fingerprint density at radius 2 is 2.22 bits per heavy atom. The van der Waals surface area contributed by atoms with Crippen LogP contribution in [-0.2, 0) is 0 Å². The van der Waals surface area contributed by atoms with Crippen molar-refractivity contribution >= 4 is 34.9 Å². The van der Waals surface area contributed by atoms with Crippen molar-refractivity contribution in [2.45, 2.75) is 25.4 Å². The molecule has 0 aromatic heterocycles. The summed E-state index contributed by atoms with van der Waals surface area (Å²) >= 11 is 11.9. The highest BCUT2D eigenvalue weighted by Gasteiger charge is 2.31. The third kappa shape index (κ3) is 2.71. The van der Waals surface area contributed by atoms with Crippen molar-refractivity contribution in [3.05, 3.63) is 28.2 Å². The van der Waals surface area contributed by atoms with E-state index in [4.69, 9.17) is 28.9 Å². The molecule has 4 nitrogen and oxygen atoms in total. The second kappa shape index (κ2) is 5.34. The number of carbonyl (C=O) groups is 1. The van der Waals surface area contributed by atoms with Gasteiger partial charge in [0.15, 0.2) is 0 Å². The zero-order valence-electron chi connectivity index (χ0n) is 9.99. The van der Waals surface area contributed by atoms with Gasteiger partial charge in [0.2, 0.25) is 0 Å². The minimum Gasteiger partial charge on any atom is -0.326 e. The first-order chi connectivity index (χ1) is 8.49. The van der Waals surface area contributed by atoms with Gasteiger partial charge in [0, 0.05) is 23.7 Å². The normalized spacial score (nSPS) is 23.2. The van der Waals surface area contributed by atoms with Gasteiger partial charge in [-0.3, -0.25) is 0 Å². The number of hydrogen-bond donors (Lipinski definition) is 2. The summed E-state index contributed by atoms with van der Waals surface area (Å²) in [6.07, 6.45) is 0.817. The Labute approximate surface area is 116 Å². The van der Waals surface area contributed by atoms with Gasteiger partial charge in [-0.05, 0) is 31.5 Å². The predicted octanol–water partition coefficient (Wildman–Crippen LogP) is 2.95. The lowest BCUT2D eigenvalue weighted by atomic mass is 10.2. The molecule has 1 saturated heterocycles. The fourth-order valence-corrected chi connectivity index (χ4v) is 2.37. The lowest BCUT2D eigenvalue weighted by Crippen LogP contribution is -2.42. The van der Waals surface area contributed by atoms with Crippen LogP contribution in [0.25, 0.3) is 0 Å². The van der Waals surface area contributed by atoms with E-state index in [0.29, 0.717) is 22.3 Å². The van der Waals surface area contributed by atoms with E-state index < -0.39 is 0 Å². The van der Waals surface area contributed by atoms with Crippen LogP contribution in [0.1, 0.15) is 13.3 Å². The topological polar surface area (TPSA) is 58.4 Å². The summed E-state index contributed by atoms with van der Waals surface area (Å²) in [5.41, 5.74) is 6.40. The largest absolute Gasteiger partial charge is 0.326 e. The van der Waals surface area contributed by atoms with Crippen LogP contribution in [0.5, 0.6) is 0 Å². The molecule has 0 aliphatic carbocycles. The summed E-state index contributed by atoms with van der Waals surface area (Å²) < 4.78 is 0. The zero-order valence-corrected chi connectivity index (χ0v) is 11.5. The highest BCUT2D eigenvalue weighted by atomic mass is 35.5. The number of nitrogens with zero attached hydrogens (tertiary/aromatic N) is 1. The molecule has 0 bridgehead atoms. The molecule has 1 aromatic rings. The van der Waals surface area contributed by atoms with Crippen LogP contribution in [0, 0.1) is 0 Å². The average molecular weight is 288 g/mol. The molecule has 0 saturated carbocycles. The Bertz CT molecular complexity index is 467. The Morgan fingerprint density at radius 1 is 1.50 bits per heavy atom. The highest BCUT2D eigenvalue weighted by Crippen LogP contribution is 2.26. The number of urea groups is 1. The molecule has 2 amide bonds. The number of halogens is 2. The van der Waals surface area contributed by atoms with Crippen LogP contribution in [0.4, 0.5) is 10.5 Å². The van der Waals surface area contributed by atoms with E-state index in [1.807, 2.05) is 6.92 Å². The molecule has 0 radical (unpaired) electrons. The third-order valence-corrected chi connectivity index (χ3v) is 3.81. The van der Waals surface area contributed by atoms with E-state index in [1.54, 1.807) is 23.1 Å². The molecular formula is C12H15Cl2N3O.